The third-order valence-corrected chi connectivity index (χ3v) is 1.69. The number of carbonyl (C=O) groups is 3. The summed E-state index contributed by atoms with van der Waals surface area (Å²) in [6.45, 7) is 5.11. The Bertz CT molecular complexity index is 328. The SMILES string of the molecule is C=C(C)CN(C)C(=O)NCC(=O)NCC(=O)O. The van der Waals surface area contributed by atoms with E-state index in [1.807, 2.05) is 0 Å². The van der Waals surface area contributed by atoms with Crippen LogP contribution < -0.4 is 10.6 Å². The molecule has 3 amide bonds. The zero-order valence-electron chi connectivity index (χ0n) is 9.95. The lowest BCUT2D eigenvalue weighted by Gasteiger charge is -2.17. The highest BCUT2D eigenvalue weighted by molar-refractivity contribution is 5.86. The summed E-state index contributed by atoms with van der Waals surface area (Å²) in [7, 11) is 1.57. The highest BCUT2D eigenvalue weighted by Crippen LogP contribution is 1.92. The van der Waals surface area contributed by atoms with Crippen molar-refractivity contribution < 1.29 is 19.5 Å². The quantitative estimate of drug-likeness (QED) is 0.543. The molecule has 0 unspecified atom stereocenters. The molecule has 0 saturated heterocycles. The number of hydrogen-bond donors (Lipinski definition) is 3. The number of carboxylic acid groups (broad SMARTS) is 1. The molecule has 0 rings (SSSR count). The van der Waals surface area contributed by atoms with E-state index in [9.17, 15) is 14.4 Å². The van der Waals surface area contributed by atoms with E-state index < -0.39 is 24.5 Å². The summed E-state index contributed by atoms with van der Waals surface area (Å²) >= 11 is 0. The zero-order valence-corrected chi connectivity index (χ0v) is 9.95. The van der Waals surface area contributed by atoms with Crippen molar-refractivity contribution in [2.24, 2.45) is 0 Å². The summed E-state index contributed by atoms with van der Waals surface area (Å²) in [5, 5.41) is 12.8. The molecular weight excluding hydrogens is 226 g/mol. The zero-order chi connectivity index (χ0) is 13.4. The number of likely N-dealkylation sites (N-methyl/N-ethyl adjacent to an activating group) is 1. The summed E-state index contributed by atoms with van der Waals surface area (Å²) in [5.74, 6) is -1.69. The summed E-state index contributed by atoms with van der Waals surface area (Å²) in [5.41, 5.74) is 0.818. The first kappa shape index (κ1) is 14.9. The van der Waals surface area contributed by atoms with Crippen LogP contribution >= 0.6 is 0 Å². The van der Waals surface area contributed by atoms with Crippen LogP contribution in [0, 0.1) is 0 Å². The van der Waals surface area contributed by atoms with Crippen molar-refractivity contribution in [3.8, 4) is 0 Å². The highest BCUT2D eigenvalue weighted by atomic mass is 16.4. The van der Waals surface area contributed by atoms with Gasteiger partial charge in [-0.3, -0.25) is 9.59 Å². The van der Waals surface area contributed by atoms with Crippen LogP contribution in [-0.2, 0) is 9.59 Å². The van der Waals surface area contributed by atoms with Crippen LogP contribution in [0.2, 0.25) is 0 Å². The Morgan fingerprint density at radius 3 is 2.29 bits per heavy atom. The van der Waals surface area contributed by atoms with E-state index in [0.29, 0.717) is 6.54 Å². The lowest BCUT2D eigenvalue weighted by atomic mass is 10.3. The summed E-state index contributed by atoms with van der Waals surface area (Å²) in [4.78, 5) is 34.0. The van der Waals surface area contributed by atoms with Gasteiger partial charge in [-0.2, -0.15) is 0 Å². The minimum absolute atomic E-state index is 0.257. The Morgan fingerprint density at radius 2 is 1.82 bits per heavy atom. The highest BCUT2D eigenvalue weighted by Gasteiger charge is 2.10. The first-order valence-corrected chi connectivity index (χ1v) is 4.94. The normalized spacial score (nSPS) is 9.29. The van der Waals surface area contributed by atoms with E-state index in [2.05, 4.69) is 17.2 Å². The van der Waals surface area contributed by atoms with Crippen LogP contribution in [0.3, 0.4) is 0 Å². The van der Waals surface area contributed by atoms with E-state index in [1.165, 1.54) is 4.90 Å². The number of hydrogen-bond acceptors (Lipinski definition) is 3. The van der Waals surface area contributed by atoms with E-state index in [4.69, 9.17) is 5.11 Å². The van der Waals surface area contributed by atoms with Crippen LogP contribution in [0.15, 0.2) is 12.2 Å². The molecule has 0 aliphatic carbocycles. The van der Waals surface area contributed by atoms with Crippen molar-refractivity contribution in [1.82, 2.24) is 15.5 Å². The molecule has 0 radical (unpaired) electrons. The first-order chi connectivity index (χ1) is 7.82. The largest absolute Gasteiger partial charge is 0.480 e. The Kier molecular flexibility index (Phi) is 6.39. The van der Waals surface area contributed by atoms with E-state index >= 15 is 0 Å². The molecule has 7 heteroatoms. The second-order valence-corrected chi connectivity index (χ2v) is 3.64. The Morgan fingerprint density at radius 1 is 1.24 bits per heavy atom. The van der Waals surface area contributed by atoms with Gasteiger partial charge in [0.05, 0.1) is 6.54 Å². The molecule has 0 bridgehead atoms. The fraction of sp³-hybridized carbons (Fsp3) is 0.500. The summed E-state index contributed by atoms with van der Waals surface area (Å²) in [6.07, 6.45) is 0. The van der Waals surface area contributed by atoms with Crippen molar-refractivity contribution in [2.45, 2.75) is 6.92 Å². The van der Waals surface area contributed by atoms with Crippen molar-refractivity contribution in [3.63, 3.8) is 0 Å². The molecule has 0 aliphatic rings. The van der Waals surface area contributed by atoms with Gasteiger partial charge in [-0.25, -0.2) is 4.79 Å². The fourth-order valence-corrected chi connectivity index (χ4v) is 1.00. The van der Waals surface area contributed by atoms with Crippen molar-refractivity contribution in [1.29, 1.82) is 0 Å². The van der Waals surface area contributed by atoms with E-state index in [-0.39, 0.29) is 6.54 Å². The van der Waals surface area contributed by atoms with E-state index in [0.717, 1.165) is 5.57 Å². The van der Waals surface area contributed by atoms with Gasteiger partial charge in [0, 0.05) is 13.6 Å². The number of carboxylic acids is 1. The van der Waals surface area contributed by atoms with Crippen LogP contribution in [-0.4, -0.2) is 54.6 Å². The van der Waals surface area contributed by atoms with Crippen LogP contribution in [0.5, 0.6) is 0 Å². The fourth-order valence-electron chi connectivity index (χ4n) is 1.00. The van der Waals surface area contributed by atoms with Gasteiger partial charge in [0.25, 0.3) is 0 Å². The number of nitrogens with zero attached hydrogens (tertiary/aromatic N) is 1. The van der Waals surface area contributed by atoms with Gasteiger partial charge in [0.1, 0.15) is 6.54 Å². The Hall–Kier alpha value is -2.05. The standard InChI is InChI=1S/C10H17N3O4/c1-7(2)6-13(3)10(17)12-4-8(14)11-5-9(15)16/h1,4-6H2,2-3H3,(H,11,14)(H,12,17)(H,15,16). The molecule has 0 fully saturated rings. The van der Waals surface area contributed by atoms with Crippen molar-refractivity contribution in [2.75, 3.05) is 26.7 Å². The molecule has 0 aromatic rings. The Balaban J connectivity index is 3.87. The summed E-state index contributed by atoms with van der Waals surface area (Å²) in [6, 6.07) is -0.418. The first-order valence-electron chi connectivity index (χ1n) is 4.94. The molecule has 0 spiro atoms. The molecule has 3 N–H and O–H groups in total. The third kappa shape index (κ3) is 7.83. The maximum atomic E-state index is 11.4. The van der Waals surface area contributed by atoms with Gasteiger partial charge in [-0.15, -0.1) is 0 Å². The minimum atomic E-state index is -1.14. The molecule has 0 heterocycles. The predicted octanol–water partition coefficient (Wildman–Crippen LogP) is -0.595. The van der Waals surface area contributed by atoms with Gasteiger partial charge in [0.15, 0.2) is 0 Å². The number of aliphatic carboxylic acids is 1. The molecule has 0 aromatic carbocycles. The molecule has 0 atom stereocenters. The molecule has 0 aromatic heterocycles. The molecule has 7 nitrogen and oxygen atoms in total. The molecule has 96 valence electrons. The van der Waals surface area contributed by atoms with Gasteiger partial charge in [0.2, 0.25) is 5.91 Å². The topological polar surface area (TPSA) is 98.7 Å². The number of nitrogens with one attached hydrogen (secondary N) is 2. The predicted molar refractivity (Wildman–Crippen MR) is 61.5 cm³/mol. The minimum Gasteiger partial charge on any atom is -0.480 e. The molecule has 0 aliphatic heterocycles. The molecular formula is C10H17N3O4. The smallest absolute Gasteiger partial charge is 0.322 e. The van der Waals surface area contributed by atoms with E-state index in [1.54, 1.807) is 14.0 Å². The Labute approximate surface area is 99.5 Å². The number of carbonyl (C=O) groups excluding carboxylic acids is 2. The molecule has 0 saturated carbocycles. The van der Waals surface area contributed by atoms with Gasteiger partial charge >= 0.3 is 12.0 Å². The lowest BCUT2D eigenvalue weighted by molar-refractivity contribution is -0.137. The van der Waals surface area contributed by atoms with Crippen molar-refractivity contribution in [3.05, 3.63) is 12.2 Å². The second kappa shape index (κ2) is 7.26. The maximum absolute atomic E-state index is 11.4. The monoisotopic (exact) mass is 243 g/mol. The average molecular weight is 243 g/mol. The van der Waals surface area contributed by atoms with Gasteiger partial charge < -0.3 is 20.6 Å². The van der Waals surface area contributed by atoms with Gasteiger partial charge in [-0.05, 0) is 6.92 Å². The maximum Gasteiger partial charge on any atom is 0.322 e. The van der Waals surface area contributed by atoms with Gasteiger partial charge in [-0.1, -0.05) is 12.2 Å². The van der Waals surface area contributed by atoms with Crippen LogP contribution in [0.1, 0.15) is 6.92 Å². The van der Waals surface area contributed by atoms with Crippen molar-refractivity contribution >= 4 is 17.9 Å². The summed E-state index contributed by atoms with van der Waals surface area (Å²) < 4.78 is 0. The average Bonchev–Trinajstić information content (AvgIpc) is 2.21. The number of urea groups is 1. The lowest BCUT2D eigenvalue weighted by Crippen LogP contribution is -2.44. The van der Waals surface area contributed by atoms with Crippen LogP contribution in [0.25, 0.3) is 0 Å². The second-order valence-electron chi connectivity index (χ2n) is 3.64. The number of amides is 3. The van der Waals surface area contributed by atoms with Crippen LogP contribution in [0.4, 0.5) is 4.79 Å². The molecule has 17 heavy (non-hydrogen) atoms. The number of rotatable bonds is 6. The third-order valence-electron chi connectivity index (χ3n) is 1.69.